The predicted octanol–water partition coefficient (Wildman–Crippen LogP) is -0.463. The van der Waals surface area contributed by atoms with E-state index in [9.17, 15) is 29.1 Å². The van der Waals surface area contributed by atoms with Gasteiger partial charge >= 0.3 is 11.9 Å². The van der Waals surface area contributed by atoms with Crippen molar-refractivity contribution in [3.05, 3.63) is 0 Å². The van der Waals surface area contributed by atoms with Crippen LogP contribution in [0, 0.1) is 5.92 Å². The van der Waals surface area contributed by atoms with Crippen LogP contribution in [0.1, 0.15) is 46.5 Å². The Kier molecular flexibility index (Phi) is 13.5. The van der Waals surface area contributed by atoms with E-state index in [-0.39, 0.29) is 18.8 Å². The third kappa shape index (κ3) is 11.0. The molecular formula is C19H34N4O7S. The minimum Gasteiger partial charge on any atom is -0.481 e. The molecule has 0 fully saturated rings. The highest BCUT2D eigenvalue weighted by Crippen LogP contribution is 2.07. The molecule has 5 unspecified atom stereocenters. The van der Waals surface area contributed by atoms with Crippen LogP contribution in [0.4, 0.5) is 0 Å². The number of carboxylic acid groups (broad SMARTS) is 2. The van der Waals surface area contributed by atoms with E-state index in [0.717, 1.165) is 0 Å². The van der Waals surface area contributed by atoms with Gasteiger partial charge in [-0.05, 0) is 37.7 Å². The summed E-state index contributed by atoms with van der Waals surface area (Å²) >= 11 is 1.43. The monoisotopic (exact) mass is 462 g/mol. The van der Waals surface area contributed by atoms with Gasteiger partial charge in [0.05, 0.1) is 6.04 Å². The zero-order valence-corrected chi connectivity index (χ0v) is 19.2. The molecule has 0 saturated carbocycles. The number of nitrogens with one attached hydrogen (secondary N) is 3. The van der Waals surface area contributed by atoms with Crippen LogP contribution in [0.25, 0.3) is 0 Å². The zero-order chi connectivity index (χ0) is 24.1. The number of thioether (sulfide) groups is 1. The van der Waals surface area contributed by atoms with Gasteiger partial charge in [0.1, 0.15) is 18.1 Å². The summed E-state index contributed by atoms with van der Waals surface area (Å²) in [4.78, 5) is 59.3. The second-order valence-corrected chi connectivity index (χ2v) is 8.30. The van der Waals surface area contributed by atoms with Gasteiger partial charge in [0.15, 0.2) is 0 Å². The smallest absolute Gasteiger partial charge is 0.326 e. The summed E-state index contributed by atoms with van der Waals surface area (Å²) in [6.07, 6.45) is 2.00. The maximum absolute atomic E-state index is 12.6. The van der Waals surface area contributed by atoms with Crippen molar-refractivity contribution in [2.24, 2.45) is 11.7 Å². The molecule has 0 rings (SSSR count). The average Bonchev–Trinajstić information content (AvgIpc) is 2.71. The maximum atomic E-state index is 12.6. The van der Waals surface area contributed by atoms with E-state index in [1.807, 2.05) is 20.1 Å². The molecule has 0 aromatic heterocycles. The van der Waals surface area contributed by atoms with Crippen molar-refractivity contribution in [1.82, 2.24) is 16.0 Å². The molecule has 0 aromatic carbocycles. The molecule has 12 heteroatoms. The molecule has 0 aliphatic rings. The second kappa shape index (κ2) is 14.6. The molecule has 0 aromatic rings. The van der Waals surface area contributed by atoms with Crippen LogP contribution in [0.5, 0.6) is 0 Å². The SMILES string of the molecule is CCC(C)C(N)C(=O)NC(C)C(=O)NC(CCSC)C(=O)NC(CCC(=O)O)C(=O)O. The fourth-order valence-corrected chi connectivity index (χ4v) is 2.96. The van der Waals surface area contributed by atoms with E-state index >= 15 is 0 Å². The summed E-state index contributed by atoms with van der Waals surface area (Å²) in [7, 11) is 0. The second-order valence-electron chi connectivity index (χ2n) is 7.32. The number of amides is 3. The molecule has 11 nitrogen and oxygen atoms in total. The molecule has 3 amide bonds. The summed E-state index contributed by atoms with van der Waals surface area (Å²) in [5.41, 5.74) is 5.86. The first kappa shape index (κ1) is 28.7. The quantitative estimate of drug-likeness (QED) is 0.187. The van der Waals surface area contributed by atoms with Gasteiger partial charge in [-0.1, -0.05) is 20.3 Å². The molecule has 0 radical (unpaired) electrons. The van der Waals surface area contributed by atoms with Crippen molar-refractivity contribution in [1.29, 1.82) is 0 Å². The number of hydrogen-bond acceptors (Lipinski definition) is 7. The molecule has 0 spiro atoms. The highest BCUT2D eigenvalue weighted by molar-refractivity contribution is 7.98. The van der Waals surface area contributed by atoms with Crippen LogP contribution in [0.15, 0.2) is 0 Å². The van der Waals surface area contributed by atoms with E-state index in [0.29, 0.717) is 12.2 Å². The Balaban J connectivity index is 5.10. The summed E-state index contributed by atoms with van der Waals surface area (Å²) in [6, 6.07) is -4.19. The first-order valence-corrected chi connectivity index (χ1v) is 11.4. The lowest BCUT2D eigenvalue weighted by molar-refractivity contribution is -0.143. The normalized spacial score (nSPS) is 15.6. The average molecular weight is 463 g/mol. The minimum absolute atomic E-state index is 0.0749. The first-order chi connectivity index (χ1) is 14.4. The number of carbonyl (C=O) groups excluding carboxylic acids is 3. The number of carbonyl (C=O) groups is 5. The Labute approximate surface area is 186 Å². The lowest BCUT2D eigenvalue weighted by Crippen LogP contribution is -2.57. The van der Waals surface area contributed by atoms with Crippen molar-refractivity contribution in [2.75, 3.05) is 12.0 Å². The maximum Gasteiger partial charge on any atom is 0.326 e. The molecule has 0 aliphatic carbocycles. The number of nitrogens with two attached hydrogens (primary N) is 1. The number of aliphatic carboxylic acids is 2. The molecule has 31 heavy (non-hydrogen) atoms. The highest BCUT2D eigenvalue weighted by Gasteiger charge is 2.29. The van der Waals surface area contributed by atoms with E-state index in [1.165, 1.54) is 18.7 Å². The molecule has 0 bridgehead atoms. The minimum atomic E-state index is -1.40. The Morgan fingerprint density at radius 1 is 0.903 bits per heavy atom. The molecular weight excluding hydrogens is 428 g/mol. The number of carboxylic acids is 2. The third-order valence-electron chi connectivity index (χ3n) is 4.82. The van der Waals surface area contributed by atoms with Gasteiger partial charge in [0, 0.05) is 6.42 Å². The van der Waals surface area contributed by atoms with Gasteiger partial charge in [-0.3, -0.25) is 19.2 Å². The van der Waals surface area contributed by atoms with E-state index in [4.69, 9.17) is 10.8 Å². The Morgan fingerprint density at radius 3 is 1.97 bits per heavy atom. The Bertz CT molecular complexity index is 647. The van der Waals surface area contributed by atoms with Crippen molar-refractivity contribution in [3.8, 4) is 0 Å². The van der Waals surface area contributed by atoms with Crippen LogP contribution < -0.4 is 21.7 Å². The highest BCUT2D eigenvalue weighted by atomic mass is 32.2. The zero-order valence-electron chi connectivity index (χ0n) is 18.3. The third-order valence-corrected chi connectivity index (χ3v) is 5.46. The summed E-state index contributed by atoms with van der Waals surface area (Å²) in [6.45, 7) is 5.16. The lowest BCUT2D eigenvalue weighted by Gasteiger charge is -2.24. The fraction of sp³-hybridized carbons (Fsp3) is 0.737. The molecule has 0 heterocycles. The molecule has 0 saturated heterocycles. The van der Waals surface area contributed by atoms with Crippen molar-refractivity contribution in [3.63, 3.8) is 0 Å². The van der Waals surface area contributed by atoms with Gasteiger partial charge in [0.2, 0.25) is 17.7 Å². The van der Waals surface area contributed by atoms with E-state index in [2.05, 4.69) is 16.0 Å². The van der Waals surface area contributed by atoms with Gasteiger partial charge in [-0.2, -0.15) is 11.8 Å². The molecule has 7 N–H and O–H groups in total. The predicted molar refractivity (Wildman–Crippen MR) is 116 cm³/mol. The fourth-order valence-electron chi connectivity index (χ4n) is 2.49. The topological polar surface area (TPSA) is 188 Å². The Morgan fingerprint density at radius 2 is 1.48 bits per heavy atom. The molecule has 5 atom stereocenters. The van der Waals surface area contributed by atoms with Crippen LogP contribution in [0.2, 0.25) is 0 Å². The largest absolute Gasteiger partial charge is 0.481 e. The first-order valence-electron chi connectivity index (χ1n) is 10.0. The lowest BCUT2D eigenvalue weighted by atomic mass is 9.99. The summed E-state index contributed by atoms with van der Waals surface area (Å²) in [5.74, 6) is -3.98. The van der Waals surface area contributed by atoms with Crippen molar-refractivity contribution in [2.45, 2.75) is 70.6 Å². The van der Waals surface area contributed by atoms with Crippen molar-refractivity contribution < 1.29 is 34.2 Å². The van der Waals surface area contributed by atoms with Crippen LogP contribution in [0.3, 0.4) is 0 Å². The van der Waals surface area contributed by atoms with Gasteiger partial charge in [-0.15, -0.1) is 0 Å². The molecule has 178 valence electrons. The van der Waals surface area contributed by atoms with Crippen molar-refractivity contribution >= 4 is 41.4 Å². The van der Waals surface area contributed by atoms with Gasteiger partial charge in [0.25, 0.3) is 0 Å². The van der Waals surface area contributed by atoms with Gasteiger partial charge in [-0.25, -0.2) is 4.79 Å². The van der Waals surface area contributed by atoms with Crippen LogP contribution in [-0.2, 0) is 24.0 Å². The van der Waals surface area contributed by atoms with E-state index < -0.39 is 60.2 Å². The number of hydrogen-bond donors (Lipinski definition) is 6. The molecule has 0 aliphatic heterocycles. The van der Waals surface area contributed by atoms with E-state index in [1.54, 1.807) is 0 Å². The van der Waals surface area contributed by atoms with Crippen LogP contribution in [-0.4, -0.2) is 76.0 Å². The summed E-state index contributed by atoms with van der Waals surface area (Å²) < 4.78 is 0. The van der Waals surface area contributed by atoms with Gasteiger partial charge < -0.3 is 31.9 Å². The van der Waals surface area contributed by atoms with Crippen LogP contribution >= 0.6 is 11.8 Å². The Hall–Kier alpha value is -2.34. The standard InChI is InChI=1S/C19H34N4O7S/c1-5-10(2)15(20)18(28)21-11(3)16(26)22-12(8-9-31-4)17(27)23-13(19(29)30)6-7-14(24)25/h10-13,15H,5-9,20H2,1-4H3,(H,21,28)(H,22,26)(H,23,27)(H,24,25)(H,29,30). The summed E-state index contributed by atoms with van der Waals surface area (Å²) in [5, 5.41) is 25.3. The number of rotatable bonds is 15.